The van der Waals surface area contributed by atoms with E-state index in [1.807, 2.05) is 0 Å². The number of aryl methyl sites for hydroxylation is 1. The summed E-state index contributed by atoms with van der Waals surface area (Å²) < 4.78 is 0. The molecule has 0 aromatic carbocycles. The molecule has 0 nitrogen and oxygen atoms in total. The van der Waals surface area contributed by atoms with Crippen molar-refractivity contribution < 1.29 is 0 Å². The predicted octanol–water partition coefficient (Wildman–Crippen LogP) is 4.79. The minimum absolute atomic E-state index is 0.613. The molecule has 0 bridgehead atoms. The predicted molar refractivity (Wildman–Crippen MR) is 73.8 cm³/mol. The zero-order valence-electron chi connectivity index (χ0n) is 10.8. The molecule has 17 heavy (non-hydrogen) atoms. The van der Waals surface area contributed by atoms with Gasteiger partial charge in [0.15, 0.2) is 0 Å². The van der Waals surface area contributed by atoms with Crippen LogP contribution in [0.4, 0.5) is 0 Å². The minimum Gasteiger partial charge on any atom is -0.0587 e. The highest BCUT2D eigenvalue weighted by molar-refractivity contribution is 5.74. The van der Waals surface area contributed by atoms with Gasteiger partial charge in [-0.15, -0.1) is 0 Å². The molecule has 0 N–H and O–H groups in total. The van der Waals surface area contributed by atoms with Crippen molar-refractivity contribution in [1.82, 2.24) is 0 Å². The lowest BCUT2D eigenvalue weighted by Gasteiger charge is -2.11. The summed E-state index contributed by atoms with van der Waals surface area (Å²) in [7, 11) is 0. The summed E-state index contributed by atoms with van der Waals surface area (Å²) >= 11 is 0. The number of fused-ring (bicyclic) bond motifs is 3. The van der Waals surface area contributed by atoms with Crippen molar-refractivity contribution in [3.8, 4) is 11.1 Å². The normalized spacial score (nSPS) is 15.2. The van der Waals surface area contributed by atoms with E-state index in [4.69, 9.17) is 0 Å². The van der Waals surface area contributed by atoms with E-state index in [1.54, 1.807) is 11.1 Å². The Kier molecular flexibility index (Phi) is 2.66. The van der Waals surface area contributed by atoms with E-state index >= 15 is 0 Å². The van der Waals surface area contributed by atoms with Gasteiger partial charge in [-0.05, 0) is 59.4 Å². The van der Waals surface area contributed by atoms with E-state index in [1.165, 1.54) is 42.4 Å². The average molecular weight is 224 g/mol. The van der Waals surface area contributed by atoms with Gasteiger partial charge in [0.05, 0.1) is 0 Å². The Balaban J connectivity index is 2.15. The first-order valence-electron chi connectivity index (χ1n) is 6.80. The van der Waals surface area contributed by atoms with E-state index in [-0.39, 0.29) is 0 Å². The first-order valence-corrected chi connectivity index (χ1v) is 6.80. The second-order valence-electron chi connectivity index (χ2n) is 5.55. The van der Waals surface area contributed by atoms with Gasteiger partial charge in [-0.1, -0.05) is 44.2 Å². The Morgan fingerprint density at radius 3 is 2.53 bits per heavy atom. The molecule has 0 radical (unpaired) electrons. The summed E-state index contributed by atoms with van der Waals surface area (Å²) in [5.41, 5.74) is 7.59. The van der Waals surface area contributed by atoms with Gasteiger partial charge in [0.1, 0.15) is 0 Å². The first kappa shape index (κ1) is 10.8. The lowest BCUT2D eigenvalue weighted by atomic mass is 9.94. The minimum atomic E-state index is 0.613. The first-order chi connectivity index (χ1) is 8.25. The van der Waals surface area contributed by atoms with Gasteiger partial charge in [-0.25, -0.2) is 0 Å². The molecule has 0 atom stereocenters. The zero-order chi connectivity index (χ0) is 11.8. The van der Waals surface area contributed by atoms with Crippen LogP contribution >= 0.6 is 0 Å². The molecule has 0 fully saturated rings. The molecule has 0 unspecified atom stereocenters. The molecule has 0 saturated heterocycles. The molecule has 0 heteroatoms. The summed E-state index contributed by atoms with van der Waals surface area (Å²) in [4.78, 5) is 0. The van der Waals surface area contributed by atoms with Crippen LogP contribution in [0.2, 0.25) is 0 Å². The fourth-order valence-corrected chi connectivity index (χ4v) is 2.98. The molecule has 88 valence electrons. The third kappa shape index (κ3) is 1.86. The molecule has 3 aliphatic carbocycles. The molecule has 0 aromatic heterocycles. The molecule has 3 rings (SSSR count). The maximum absolute atomic E-state index is 2.41. The SMILES string of the molecule is CC(C)c1ccc2cc3c(c-2cc1)CCCC3. The van der Waals surface area contributed by atoms with Gasteiger partial charge in [-0.2, -0.15) is 0 Å². The Hall–Kier alpha value is -1.30. The number of hydrogen-bond donors (Lipinski definition) is 0. The highest BCUT2D eigenvalue weighted by atomic mass is 14.2. The van der Waals surface area contributed by atoms with Gasteiger partial charge in [0.25, 0.3) is 0 Å². The molecule has 0 heterocycles. The molecular formula is C17H20. The van der Waals surface area contributed by atoms with Gasteiger partial charge in [0.2, 0.25) is 0 Å². The second kappa shape index (κ2) is 4.18. The average Bonchev–Trinajstić information content (AvgIpc) is 2.53. The van der Waals surface area contributed by atoms with E-state index < -0.39 is 0 Å². The number of hydrogen-bond acceptors (Lipinski definition) is 0. The van der Waals surface area contributed by atoms with E-state index in [9.17, 15) is 0 Å². The van der Waals surface area contributed by atoms with Crippen molar-refractivity contribution >= 4 is 0 Å². The van der Waals surface area contributed by atoms with Crippen LogP contribution in [0.15, 0.2) is 30.3 Å². The van der Waals surface area contributed by atoms with E-state index in [0.29, 0.717) is 5.92 Å². The van der Waals surface area contributed by atoms with Crippen LogP contribution in [0, 0.1) is 0 Å². The van der Waals surface area contributed by atoms with Crippen LogP contribution in [-0.4, -0.2) is 0 Å². The van der Waals surface area contributed by atoms with Crippen LogP contribution in [0.3, 0.4) is 0 Å². The summed E-state index contributed by atoms with van der Waals surface area (Å²) in [5, 5.41) is 0. The van der Waals surface area contributed by atoms with Crippen LogP contribution in [0.5, 0.6) is 0 Å². The van der Waals surface area contributed by atoms with Crippen molar-refractivity contribution in [1.29, 1.82) is 0 Å². The van der Waals surface area contributed by atoms with Crippen LogP contribution in [-0.2, 0) is 12.8 Å². The van der Waals surface area contributed by atoms with Crippen LogP contribution in [0.25, 0.3) is 11.1 Å². The monoisotopic (exact) mass is 224 g/mol. The van der Waals surface area contributed by atoms with Crippen molar-refractivity contribution in [2.45, 2.75) is 45.4 Å². The van der Waals surface area contributed by atoms with Gasteiger partial charge >= 0.3 is 0 Å². The molecule has 0 saturated carbocycles. The van der Waals surface area contributed by atoms with E-state index in [0.717, 1.165) is 0 Å². The fraction of sp³-hybridized carbons (Fsp3) is 0.412. The standard InChI is InChI=1S/C17H20/c1-12(2)13-7-8-15-11-14-5-3-4-6-16(14)17(15)10-9-13/h7-12H,3-6H2,1-2H3. The summed E-state index contributed by atoms with van der Waals surface area (Å²) in [6.07, 6.45) is 5.29. The molecule has 0 aliphatic heterocycles. The molecule has 0 amide bonds. The summed E-state index contributed by atoms with van der Waals surface area (Å²) in [6.45, 7) is 4.52. The molecule has 0 aromatic rings. The van der Waals surface area contributed by atoms with Gasteiger partial charge in [-0.3, -0.25) is 0 Å². The zero-order valence-corrected chi connectivity index (χ0v) is 10.8. The topological polar surface area (TPSA) is 0 Å². The second-order valence-corrected chi connectivity index (χ2v) is 5.55. The smallest absolute Gasteiger partial charge is 0.0149 e. The maximum atomic E-state index is 2.41. The van der Waals surface area contributed by atoms with Crippen molar-refractivity contribution in [2.75, 3.05) is 0 Å². The van der Waals surface area contributed by atoms with E-state index in [2.05, 4.69) is 44.2 Å². The highest BCUT2D eigenvalue weighted by Crippen LogP contribution is 2.36. The lowest BCUT2D eigenvalue weighted by Crippen LogP contribution is -1.98. The third-order valence-electron chi connectivity index (χ3n) is 4.04. The Bertz CT molecular complexity index is 508. The van der Waals surface area contributed by atoms with Crippen molar-refractivity contribution in [2.24, 2.45) is 0 Å². The molecule has 3 aliphatic rings. The van der Waals surface area contributed by atoms with Gasteiger partial charge in [0, 0.05) is 0 Å². The van der Waals surface area contributed by atoms with Crippen molar-refractivity contribution in [3.63, 3.8) is 0 Å². The third-order valence-corrected chi connectivity index (χ3v) is 4.04. The summed E-state index contributed by atoms with van der Waals surface area (Å²) in [5.74, 6) is 0.613. The van der Waals surface area contributed by atoms with Crippen molar-refractivity contribution in [3.05, 3.63) is 47.0 Å². The maximum Gasteiger partial charge on any atom is -0.0149 e. The highest BCUT2D eigenvalue weighted by Gasteiger charge is 2.17. The Morgan fingerprint density at radius 1 is 0.941 bits per heavy atom. The van der Waals surface area contributed by atoms with Gasteiger partial charge < -0.3 is 0 Å². The Morgan fingerprint density at radius 2 is 1.71 bits per heavy atom. The van der Waals surface area contributed by atoms with Crippen LogP contribution < -0.4 is 0 Å². The molecular weight excluding hydrogens is 204 g/mol. The summed E-state index contributed by atoms with van der Waals surface area (Å²) in [6, 6.07) is 11.7. The fourth-order valence-electron chi connectivity index (χ4n) is 2.98. The largest absolute Gasteiger partial charge is 0.0587 e. The number of rotatable bonds is 1. The Labute approximate surface area is 104 Å². The molecule has 0 spiro atoms. The lowest BCUT2D eigenvalue weighted by molar-refractivity contribution is 0.691. The quantitative estimate of drug-likeness (QED) is 0.653. The van der Waals surface area contributed by atoms with Crippen LogP contribution in [0.1, 0.15) is 49.3 Å².